The van der Waals surface area contributed by atoms with E-state index in [1.807, 2.05) is 6.92 Å². The van der Waals surface area contributed by atoms with Gasteiger partial charge in [-0.15, -0.1) is 0 Å². The van der Waals surface area contributed by atoms with Crippen LogP contribution in [-0.2, 0) is 0 Å². The number of ether oxygens (including phenoxy) is 1. The van der Waals surface area contributed by atoms with Gasteiger partial charge in [0.05, 0.1) is 6.61 Å². The van der Waals surface area contributed by atoms with E-state index in [1.54, 1.807) is 6.20 Å². The molecule has 0 aromatic carbocycles. The smallest absolute Gasteiger partial charge is 0.223 e. The number of likely N-dealkylation sites (tertiary alicyclic amines) is 1. The summed E-state index contributed by atoms with van der Waals surface area (Å²) in [6.07, 6.45) is 5.30. The first kappa shape index (κ1) is 12.1. The number of aryl methyl sites for hydroxylation is 1. The van der Waals surface area contributed by atoms with Crippen molar-refractivity contribution in [1.82, 2.24) is 14.9 Å². The second-order valence-corrected chi connectivity index (χ2v) is 4.63. The lowest BCUT2D eigenvalue weighted by molar-refractivity contribution is 0.227. The highest BCUT2D eigenvalue weighted by atomic mass is 16.5. The van der Waals surface area contributed by atoms with Crippen LogP contribution in [0.15, 0.2) is 6.20 Å². The molecule has 1 atom stereocenters. The SMILES string of the molecule is Cc1cnc(N)nc1OCCC1CCCN1C. The minimum Gasteiger partial charge on any atom is -0.477 e. The predicted molar refractivity (Wildman–Crippen MR) is 66.9 cm³/mol. The molecule has 1 unspecified atom stereocenters. The third kappa shape index (κ3) is 3.06. The summed E-state index contributed by atoms with van der Waals surface area (Å²) in [7, 11) is 2.17. The van der Waals surface area contributed by atoms with Gasteiger partial charge in [0.25, 0.3) is 0 Å². The summed E-state index contributed by atoms with van der Waals surface area (Å²) in [5.41, 5.74) is 6.46. The molecule has 0 amide bonds. The molecule has 5 heteroatoms. The van der Waals surface area contributed by atoms with Gasteiger partial charge in [0, 0.05) is 17.8 Å². The maximum atomic E-state index is 5.67. The third-order valence-corrected chi connectivity index (χ3v) is 3.31. The molecule has 0 saturated carbocycles. The molecule has 1 saturated heterocycles. The van der Waals surface area contributed by atoms with Crippen molar-refractivity contribution in [1.29, 1.82) is 0 Å². The monoisotopic (exact) mass is 236 g/mol. The van der Waals surface area contributed by atoms with Gasteiger partial charge in [0.1, 0.15) is 0 Å². The third-order valence-electron chi connectivity index (χ3n) is 3.31. The lowest BCUT2D eigenvalue weighted by Crippen LogP contribution is -2.26. The van der Waals surface area contributed by atoms with Crippen molar-refractivity contribution in [2.24, 2.45) is 0 Å². The van der Waals surface area contributed by atoms with Crippen LogP contribution in [0.3, 0.4) is 0 Å². The molecule has 17 heavy (non-hydrogen) atoms. The van der Waals surface area contributed by atoms with Gasteiger partial charge in [0.15, 0.2) is 0 Å². The Labute approximate surface area is 102 Å². The van der Waals surface area contributed by atoms with E-state index in [2.05, 4.69) is 21.9 Å². The fourth-order valence-electron chi connectivity index (χ4n) is 2.22. The zero-order chi connectivity index (χ0) is 12.3. The number of hydrogen-bond acceptors (Lipinski definition) is 5. The van der Waals surface area contributed by atoms with Gasteiger partial charge in [-0.25, -0.2) is 4.98 Å². The van der Waals surface area contributed by atoms with Crippen LogP contribution < -0.4 is 10.5 Å². The van der Waals surface area contributed by atoms with Crippen LogP contribution in [0.5, 0.6) is 5.88 Å². The molecule has 2 rings (SSSR count). The molecular weight excluding hydrogens is 216 g/mol. The minimum absolute atomic E-state index is 0.267. The number of hydrogen-bond donors (Lipinski definition) is 1. The van der Waals surface area contributed by atoms with E-state index in [-0.39, 0.29) is 5.95 Å². The summed E-state index contributed by atoms with van der Waals surface area (Å²) in [6, 6.07) is 0.648. The van der Waals surface area contributed by atoms with Gasteiger partial charge < -0.3 is 15.4 Å². The van der Waals surface area contributed by atoms with E-state index < -0.39 is 0 Å². The molecule has 0 bridgehead atoms. The maximum absolute atomic E-state index is 5.67. The van der Waals surface area contributed by atoms with E-state index in [9.17, 15) is 0 Å². The maximum Gasteiger partial charge on any atom is 0.223 e. The molecule has 0 radical (unpaired) electrons. The normalized spacial score (nSPS) is 20.7. The summed E-state index contributed by atoms with van der Waals surface area (Å²) in [4.78, 5) is 10.4. The fraction of sp³-hybridized carbons (Fsp3) is 0.667. The van der Waals surface area contributed by atoms with Gasteiger partial charge in [-0.05, 0) is 39.8 Å². The Balaban J connectivity index is 1.83. The van der Waals surface area contributed by atoms with Crippen molar-refractivity contribution in [2.75, 3.05) is 25.9 Å². The predicted octanol–water partition coefficient (Wildman–Crippen LogP) is 1.23. The fourth-order valence-corrected chi connectivity index (χ4v) is 2.22. The highest BCUT2D eigenvalue weighted by Gasteiger charge is 2.20. The second-order valence-electron chi connectivity index (χ2n) is 4.63. The Morgan fingerprint density at radius 3 is 3.12 bits per heavy atom. The summed E-state index contributed by atoms with van der Waals surface area (Å²) >= 11 is 0. The molecule has 5 nitrogen and oxygen atoms in total. The van der Waals surface area contributed by atoms with E-state index in [0.717, 1.165) is 12.0 Å². The molecule has 2 heterocycles. The lowest BCUT2D eigenvalue weighted by Gasteiger charge is -2.19. The molecule has 94 valence electrons. The summed E-state index contributed by atoms with van der Waals surface area (Å²) in [6.45, 7) is 3.81. The number of nitrogens with two attached hydrogens (primary N) is 1. The Kier molecular flexibility index (Phi) is 3.78. The zero-order valence-electron chi connectivity index (χ0n) is 10.5. The Morgan fingerprint density at radius 2 is 2.41 bits per heavy atom. The van der Waals surface area contributed by atoms with Gasteiger partial charge in [-0.1, -0.05) is 0 Å². The highest BCUT2D eigenvalue weighted by molar-refractivity contribution is 5.28. The van der Waals surface area contributed by atoms with Crippen LogP contribution in [0.4, 0.5) is 5.95 Å². The molecule has 0 spiro atoms. The number of anilines is 1. The van der Waals surface area contributed by atoms with Crippen molar-refractivity contribution in [3.05, 3.63) is 11.8 Å². The van der Waals surface area contributed by atoms with E-state index in [0.29, 0.717) is 18.5 Å². The Bertz CT molecular complexity index is 383. The second kappa shape index (κ2) is 5.31. The molecule has 1 fully saturated rings. The van der Waals surface area contributed by atoms with E-state index in [1.165, 1.54) is 19.4 Å². The van der Waals surface area contributed by atoms with Crippen molar-refractivity contribution in [3.8, 4) is 5.88 Å². The molecule has 1 aromatic heterocycles. The Hall–Kier alpha value is -1.36. The quantitative estimate of drug-likeness (QED) is 0.851. The van der Waals surface area contributed by atoms with Crippen molar-refractivity contribution in [3.63, 3.8) is 0 Å². The van der Waals surface area contributed by atoms with Crippen LogP contribution in [0.2, 0.25) is 0 Å². The molecule has 2 N–H and O–H groups in total. The van der Waals surface area contributed by atoms with Crippen LogP contribution in [0.25, 0.3) is 0 Å². The number of nitrogens with zero attached hydrogens (tertiary/aromatic N) is 3. The summed E-state index contributed by atoms with van der Waals surface area (Å²) < 4.78 is 5.67. The lowest BCUT2D eigenvalue weighted by atomic mass is 10.1. The van der Waals surface area contributed by atoms with Crippen LogP contribution in [0, 0.1) is 6.92 Å². The molecule has 1 aliphatic heterocycles. The number of rotatable bonds is 4. The molecule has 1 aliphatic rings. The zero-order valence-corrected chi connectivity index (χ0v) is 10.5. The molecular formula is C12H20N4O. The van der Waals surface area contributed by atoms with Gasteiger partial charge in [0.2, 0.25) is 11.8 Å². The van der Waals surface area contributed by atoms with Crippen LogP contribution in [-0.4, -0.2) is 41.1 Å². The Morgan fingerprint density at radius 1 is 1.59 bits per heavy atom. The number of aromatic nitrogens is 2. The molecule has 1 aromatic rings. The largest absolute Gasteiger partial charge is 0.477 e. The van der Waals surface area contributed by atoms with Crippen molar-refractivity contribution < 1.29 is 4.74 Å². The minimum atomic E-state index is 0.267. The summed E-state index contributed by atoms with van der Waals surface area (Å²) in [5, 5.41) is 0. The standard InChI is InChI=1S/C12H20N4O/c1-9-8-14-12(13)15-11(9)17-7-5-10-4-3-6-16(10)2/h8,10H,3-7H2,1-2H3,(H2,13,14,15). The van der Waals surface area contributed by atoms with Crippen LogP contribution in [0.1, 0.15) is 24.8 Å². The first-order valence-corrected chi connectivity index (χ1v) is 6.09. The topological polar surface area (TPSA) is 64.3 Å². The summed E-state index contributed by atoms with van der Waals surface area (Å²) in [5.74, 6) is 0.877. The van der Waals surface area contributed by atoms with Gasteiger partial charge >= 0.3 is 0 Å². The average Bonchev–Trinajstić information content (AvgIpc) is 2.70. The highest BCUT2D eigenvalue weighted by Crippen LogP contribution is 2.19. The van der Waals surface area contributed by atoms with Gasteiger partial charge in [-0.3, -0.25) is 0 Å². The van der Waals surface area contributed by atoms with E-state index in [4.69, 9.17) is 10.5 Å². The van der Waals surface area contributed by atoms with Gasteiger partial charge in [-0.2, -0.15) is 4.98 Å². The number of nitrogen functional groups attached to an aromatic ring is 1. The first-order chi connectivity index (χ1) is 8.16. The molecule has 0 aliphatic carbocycles. The van der Waals surface area contributed by atoms with E-state index >= 15 is 0 Å². The van der Waals surface area contributed by atoms with Crippen molar-refractivity contribution in [2.45, 2.75) is 32.2 Å². The first-order valence-electron chi connectivity index (χ1n) is 6.09. The van der Waals surface area contributed by atoms with Crippen molar-refractivity contribution >= 4 is 5.95 Å². The average molecular weight is 236 g/mol. The van der Waals surface area contributed by atoms with Crippen LogP contribution >= 0.6 is 0 Å².